The summed E-state index contributed by atoms with van der Waals surface area (Å²) in [7, 11) is -1.53. The second kappa shape index (κ2) is 9.77. The molecule has 6 heteroatoms. The summed E-state index contributed by atoms with van der Waals surface area (Å²) >= 11 is 6.71. The van der Waals surface area contributed by atoms with Crippen molar-refractivity contribution in [3.05, 3.63) is 60.2 Å². The first-order valence-corrected chi connectivity index (χ1v) is 11.2. The van der Waals surface area contributed by atoms with Crippen molar-refractivity contribution in [1.82, 2.24) is 0 Å². The van der Waals surface area contributed by atoms with Crippen LogP contribution in [0, 0.1) is 12.3 Å². The van der Waals surface area contributed by atoms with Crippen molar-refractivity contribution in [1.29, 1.82) is 0 Å². The maximum Gasteiger partial charge on any atom is 0.307 e. The van der Waals surface area contributed by atoms with Crippen LogP contribution < -0.4 is 4.74 Å². The summed E-state index contributed by atoms with van der Waals surface area (Å²) in [6.07, 6.45) is -0.0110. The Morgan fingerprint density at radius 3 is 2.17 bits per heavy atom. The third-order valence-electron chi connectivity index (χ3n) is 4.27. The maximum absolute atomic E-state index is 13.2. The molecule has 3 atom stereocenters. The van der Waals surface area contributed by atoms with E-state index in [2.05, 4.69) is 0 Å². The number of hydrogen-bond acceptors (Lipinski definition) is 4. The highest BCUT2D eigenvalue weighted by atomic mass is 35.5. The predicted octanol–water partition coefficient (Wildman–Crippen LogP) is 5.48. The van der Waals surface area contributed by atoms with Gasteiger partial charge in [0.25, 0.3) is 0 Å². The topological polar surface area (TPSA) is 52.6 Å². The lowest BCUT2D eigenvalue weighted by Crippen LogP contribution is -2.40. The van der Waals surface area contributed by atoms with Gasteiger partial charge in [0.1, 0.15) is 16.1 Å². The van der Waals surface area contributed by atoms with E-state index in [0.29, 0.717) is 10.6 Å². The zero-order valence-corrected chi connectivity index (χ0v) is 19.2. The number of carbonyl (C=O) groups is 1. The van der Waals surface area contributed by atoms with E-state index in [9.17, 15) is 9.00 Å². The Balaban J connectivity index is 2.24. The lowest BCUT2D eigenvalue weighted by atomic mass is 9.89. The lowest BCUT2D eigenvalue weighted by Gasteiger charge is -2.33. The molecule has 4 nitrogen and oxygen atoms in total. The number of aryl methyl sites for hydroxylation is 1. The average Bonchev–Trinajstić information content (AvgIpc) is 2.65. The molecule has 0 radical (unpaired) electrons. The molecule has 0 aliphatic carbocycles. The first-order chi connectivity index (χ1) is 13.5. The monoisotopic (exact) mass is 436 g/mol. The SMILES string of the molecule is Cc1ccc(S(=O)C(Cl)C(C)(COc2ccccc2)CC(=O)OC(C)(C)C)cc1. The van der Waals surface area contributed by atoms with E-state index < -0.39 is 32.5 Å². The van der Waals surface area contributed by atoms with E-state index in [-0.39, 0.29) is 13.0 Å². The number of carbonyl (C=O) groups excluding carboxylic acids is 1. The van der Waals surface area contributed by atoms with Crippen LogP contribution in [-0.4, -0.2) is 27.1 Å². The zero-order chi connectivity index (χ0) is 21.7. The summed E-state index contributed by atoms with van der Waals surface area (Å²) in [6.45, 7) is 9.33. The van der Waals surface area contributed by atoms with Crippen molar-refractivity contribution in [3.8, 4) is 5.75 Å². The molecule has 0 heterocycles. The highest BCUT2D eigenvalue weighted by Crippen LogP contribution is 2.36. The second-order valence-electron chi connectivity index (χ2n) is 8.45. The van der Waals surface area contributed by atoms with Crippen LogP contribution in [0.3, 0.4) is 0 Å². The van der Waals surface area contributed by atoms with Gasteiger partial charge in [-0.1, -0.05) is 42.8 Å². The minimum Gasteiger partial charge on any atom is -0.493 e. The van der Waals surface area contributed by atoms with Crippen molar-refractivity contribution < 1.29 is 18.5 Å². The average molecular weight is 437 g/mol. The Labute approximate surface area is 181 Å². The maximum atomic E-state index is 13.2. The molecule has 0 bridgehead atoms. The van der Waals surface area contributed by atoms with Crippen LogP contribution in [0.15, 0.2) is 59.5 Å². The number of ether oxygens (including phenoxy) is 2. The van der Waals surface area contributed by atoms with Crippen molar-refractivity contribution in [2.75, 3.05) is 6.61 Å². The number of alkyl halides is 1. The van der Waals surface area contributed by atoms with Crippen LogP contribution in [0.1, 0.15) is 39.7 Å². The zero-order valence-electron chi connectivity index (χ0n) is 17.6. The van der Waals surface area contributed by atoms with Crippen LogP contribution in [0.5, 0.6) is 5.75 Å². The van der Waals surface area contributed by atoms with Crippen molar-refractivity contribution in [2.45, 2.75) is 56.2 Å². The number of benzene rings is 2. The predicted molar refractivity (Wildman–Crippen MR) is 118 cm³/mol. The molecule has 0 saturated heterocycles. The fraction of sp³-hybridized carbons (Fsp3) is 0.435. The molecule has 0 N–H and O–H groups in total. The quantitative estimate of drug-likeness (QED) is 0.406. The fourth-order valence-electron chi connectivity index (χ4n) is 2.72. The van der Waals surface area contributed by atoms with E-state index in [1.54, 1.807) is 12.1 Å². The highest BCUT2D eigenvalue weighted by molar-refractivity contribution is 7.87. The standard InChI is InChI=1S/C23H29ClO4S/c1-17-11-13-19(14-12-17)29(26)21(24)23(5,15-20(25)28-22(2,3)4)16-27-18-9-7-6-8-10-18/h6-14,21H,15-16H2,1-5H3. The Hall–Kier alpha value is -1.85. The van der Waals surface area contributed by atoms with Crippen LogP contribution in [0.2, 0.25) is 0 Å². The van der Waals surface area contributed by atoms with Gasteiger partial charge in [-0.25, -0.2) is 0 Å². The third kappa shape index (κ3) is 7.16. The molecule has 0 aromatic heterocycles. The van der Waals surface area contributed by atoms with E-state index in [4.69, 9.17) is 21.1 Å². The summed E-state index contributed by atoms with van der Waals surface area (Å²) in [5.74, 6) is 0.260. The van der Waals surface area contributed by atoms with Crippen molar-refractivity contribution in [3.63, 3.8) is 0 Å². The van der Waals surface area contributed by atoms with Gasteiger partial charge in [-0.15, -0.1) is 11.6 Å². The van der Waals surface area contributed by atoms with Gasteiger partial charge in [0.05, 0.1) is 23.8 Å². The van der Waals surface area contributed by atoms with Gasteiger partial charge in [0, 0.05) is 10.3 Å². The Kier molecular flexibility index (Phi) is 7.89. The Morgan fingerprint density at radius 1 is 1.03 bits per heavy atom. The number of halogens is 1. The molecule has 0 amide bonds. The number of esters is 1. The molecule has 2 rings (SSSR count). The third-order valence-corrected chi connectivity index (χ3v) is 6.96. The molecule has 158 valence electrons. The van der Waals surface area contributed by atoms with Crippen LogP contribution in [0.25, 0.3) is 0 Å². The number of rotatable bonds is 8. The molecular weight excluding hydrogens is 408 g/mol. The molecule has 0 fully saturated rings. The highest BCUT2D eigenvalue weighted by Gasteiger charge is 2.41. The molecule has 29 heavy (non-hydrogen) atoms. The smallest absolute Gasteiger partial charge is 0.307 e. The van der Waals surface area contributed by atoms with Gasteiger partial charge >= 0.3 is 5.97 Å². The normalized spacial score (nSPS) is 15.8. The van der Waals surface area contributed by atoms with Gasteiger partial charge in [0.15, 0.2) is 0 Å². The molecule has 0 saturated carbocycles. The molecule has 3 unspecified atom stereocenters. The molecule has 2 aromatic rings. The summed E-state index contributed by atoms with van der Waals surface area (Å²) < 4.78 is 23.7. The first kappa shape index (κ1) is 23.4. The van der Waals surface area contributed by atoms with Crippen molar-refractivity contribution in [2.24, 2.45) is 5.41 Å². The summed E-state index contributed by atoms with van der Waals surface area (Å²) in [5.41, 5.74) is -0.452. The van der Waals surface area contributed by atoms with E-state index in [1.165, 1.54) is 0 Å². The summed E-state index contributed by atoms with van der Waals surface area (Å²) in [5, 5.41) is 0. The summed E-state index contributed by atoms with van der Waals surface area (Å²) in [4.78, 5) is 13.2. The van der Waals surface area contributed by atoms with Crippen LogP contribution in [0.4, 0.5) is 0 Å². The van der Waals surface area contributed by atoms with Crippen LogP contribution in [-0.2, 0) is 20.3 Å². The molecule has 2 aromatic carbocycles. The van der Waals surface area contributed by atoms with Gasteiger partial charge in [-0.2, -0.15) is 0 Å². The lowest BCUT2D eigenvalue weighted by molar-refractivity contribution is -0.157. The number of hydrogen-bond donors (Lipinski definition) is 0. The summed E-state index contributed by atoms with van der Waals surface area (Å²) in [6, 6.07) is 16.7. The molecular formula is C23H29ClO4S. The molecule has 0 aliphatic rings. The van der Waals surface area contributed by atoms with E-state index in [1.807, 2.05) is 77.1 Å². The van der Waals surface area contributed by atoms with E-state index in [0.717, 1.165) is 5.56 Å². The minimum absolute atomic E-state index is 0.0110. The van der Waals surface area contributed by atoms with Gasteiger partial charge in [0.2, 0.25) is 0 Å². The van der Waals surface area contributed by atoms with Gasteiger partial charge in [-0.3, -0.25) is 9.00 Å². The number of para-hydroxylation sites is 1. The van der Waals surface area contributed by atoms with Gasteiger partial charge < -0.3 is 9.47 Å². The fourth-order valence-corrected chi connectivity index (χ4v) is 4.48. The largest absolute Gasteiger partial charge is 0.493 e. The Bertz CT molecular complexity index is 830. The van der Waals surface area contributed by atoms with Crippen molar-refractivity contribution >= 4 is 28.4 Å². The second-order valence-corrected chi connectivity index (χ2v) is 10.7. The molecule has 0 spiro atoms. The van der Waals surface area contributed by atoms with E-state index >= 15 is 0 Å². The van der Waals surface area contributed by atoms with Gasteiger partial charge in [-0.05, 0) is 52.0 Å². The Morgan fingerprint density at radius 2 is 1.62 bits per heavy atom. The molecule has 0 aliphatic heterocycles. The first-order valence-electron chi connectivity index (χ1n) is 9.51. The van der Waals surface area contributed by atoms with Crippen LogP contribution >= 0.6 is 11.6 Å². The minimum atomic E-state index is -1.53.